The van der Waals surface area contributed by atoms with Crippen LogP contribution < -0.4 is 0 Å². The maximum atomic E-state index is 5.61. The largest absolute Gasteiger partial charge is 0.442 e. The highest BCUT2D eigenvalue weighted by molar-refractivity contribution is 5.98. The number of hydrogen-bond acceptors (Lipinski definition) is 2. The quantitative estimate of drug-likeness (QED) is 0.616. The molecule has 3 heteroatoms. The van der Waals surface area contributed by atoms with Crippen molar-refractivity contribution in [1.82, 2.24) is 0 Å². The molecule has 2 aliphatic rings. The highest BCUT2D eigenvalue weighted by Crippen LogP contribution is 2.33. The Bertz CT molecular complexity index is 135. The summed E-state index contributed by atoms with van der Waals surface area (Å²) in [6.45, 7) is 0.886. The highest BCUT2D eigenvalue weighted by Gasteiger charge is 2.33. The van der Waals surface area contributed by atoms with Gasteiger partial charge in [-0.1, -0.05) is 12.8 Å². The monoisotopic (exact) mass is 180 g/mol. The van der Waals surface area contributed by atoms with Crippen molar-refractivity contribution in [3.63, 3.8) is 0 Å². The van der Waals surface area contributed by atoms with Gasteiger partial charge in [0.05, 0.1) is 12.2 Å². The van der Waals surface area contributed by atoms with Crippen LogP contribution in [0.1, 0.15) is 38.5 Å². The second-order valence-corrected chi connectivity index (χ2v) is 4.20. The van der Waals surface area contributed by atoms with Crippen molar-refractivity contribution in [3.05, 3.63) is 0 Å². The lowest BCUT2D eigenvalue weighted by molar-refractivity contribution is -0.0121. The molecule has 1 saturated carbocycles. The van der Waals surface area contributed by atoms with E-state index in [4.69, 9.17) is 17.4 Å². The molecule has 0 aromatic carbocycles. The molecule has 2 fully saturated rings. The smallest absolute Gasteiger partial charge is 0.283 e. The lowest BCUT2D eigenvalue weighted by atomic mass is 9.94. The fourth-order valence-electron chi connectivity index (χ4n) is 2.65. The summed E-state index contributed by atoms with van der Waals surface area (Å²) in [4.78, 5) is 0. The molecule has 0 amide bonds. The molecule has 0 aromatic rings. The number of hydrogen-bond donors (Lipinski definition) is 0. The van der Waals surface area contributed by atoms with Gasteiger partial charge >= 0.3 is 0 Å². The van der Waals surface area contributed by atoms with Crippen molar-refractivity contribution in [1.29, 1.82) is 0 Å². The van der Waals surface area contributed by atoms with E-state index >= 15 is 0 Å². The van der Waals surface area contributed by atoms with Gasteiger partial charge < -0.3 is 9.39 Å². The molecule has 2 radical (unpaired) electrons. The van der Waals surface area contributed by atoms with Gasteiger partial charge in [0, 0.05) is 6.61 Å². The van der Waals surface area contributed by atoms with Crippen LogP contribution in [-0.4, -0.2) is 26.9 Å². The summed E-state index contributed by atoms with van der Waals surface area (Å²) in [5.74, 6) is 0.646. The van der Waals surface area contributed by atoms with E-state index in [0.717, 1.165) is 19.4 Å². The van der Waals surface area contributed by atoms with E-state index in [1.807, 2.05) is 0 Å². The molecule has 2 atom stereocenters. The standard InChI is InChI=1S/C10H17BO2/c11-13-10(8-4-1-2-5-8)9-6-3-7-12-9/h8-10H,1-7H2. The van der Waals surface area contributed by atoms with E-state index in [9.17, 15) is 0 Å². The van der Waals surface area contributed by atoms with Crippen LogP contribution in [-0.2, 0) is 9.39 Å². The summed E-state index contributed by atoms with van der Waals surface area (Å²) in [6.07, 6.45) is 7.91. The molecule has 72 valence electrons. The van der Waals surface area contributed by atoms with Gasteiger partial charge in [0.25, 0.3) is 8.05 Å². The number of rotatable bonds is 3. The molecule has 0 bridgehead atoms. The van der Waals surface area contributed by atoms with Crippen LogP contribution in [0, 0.1) is 5.92 Å². The van der Waals surface area contributed by atoms with Crippen LogP contribution in [0.5, 0.6) is 0 Å². The maximum absolute atomic E-state index is 5.61. The van der Waals surface area contributed by atoms with Gasteiger partial charge in [-0.2, -0.15) is 0 Å². The van der Waals surface area contributed by atoms with Crippen LogP contribution in [0.25, 0.3) is 0 Å². The molecule has 2 unspecified atom stereocenters. The molecule has 1 aliphatic heterocycles. The summed E-state index contributed by atoms with van der Waals surface area (Å²) in [5, 5.41) is 0. The third kappa shape index (κ3) is 2.08. The summed E-state index contributed by atoms with van der Waals surface area (Å²) in [5.41, 5.74) is 0. The fraction of sp³-hybridized carbons (Fsp3) is 1.00. The second-order valence-electron chi connectivity index (χ2n) is 4.20. The minimum atomic E-state index is 0.157. The third-order valence-electron chi connectivity index (χ3n) is 3.35. The molecular formula is C10H17BO2. The molecule has 0 N–H and O–H groups in total. The highest BCUT2D eigenvalue weighted by atomic mass is 16.5. The first-order valence-corrected chi connectivity index (χ1v) is 5.39. The topological polar surface area (TPSA) is 18.5 Å². The minimum Gasteiger partial charge on any atom is -0.442 e. The average molecular weight is 180 g/mol. The first-order chi connectivity index (χ1) is 6.42. The Kier molecular flexibility index (Phi) is 3.28. The van der Waals surface area contributed by atoms with E-state index in [1.165, 1.54) is 25.7 Å². The molecule has 0 spiro atoms. The summed E-state index contributed by atoms with van der Waals surface area (Å²) in [7, 11) is 5.35. The van der Waals surface area contributed by atoms with Gasteiger partial charge in [0.15, 0.2) is 0 Å². The lowest BCUT2D eigenvalue weighted by Crippen LogP contribution is -2.34. The van der Waals surface area contributed by atoms with E-state index in [0.29, 0.717) is 5.92 Å². The van der Waals surface area contributed by atoms with Crippen LogP contribution >= 0.6 is 0 Å². The van der Waals surface area contributed by atoms with Crippen molar-refractivity contribution in [3.8, 4) is 0 Å². The van der Waals surface area contributed by atoms with Gasteiger partial charge in [0.1, 0.15) is 0 Å². The first-order valence-electron chi connectivity index (χ1n) is 5.39. The molecule has 1 aliphatic carbocycles. The average Bonchev–Trinajstić information content (AvgIpc) is 2.76. The predicted molar refractivity (Wildman–Crippen MR) is 51.6 cm³/mol. The zero-order valence-corrected chi connectivity index (χ0v) is 8.08. The van der Waals surface area contributed by atoms with Gasteiger partial charge in [-0.3, -0.25) is 0 Å². The molecule has 13 heavy (non-hydrogen) atoms. The van der Waals surface area contributed by atoms with Gasteiger partial charge in [-0.25, -0.2) is 0 Å². The van der Waals surface area contributed by atoms with E-state index < -0.39 is 0 Å². The SMILES string of the molecule is [B]OC(C1CCCC1)C1CCCO1. The van der Waals surface area contributed by atoms with Crippen molar-refractivity contribution in [2.75, 3.05) is 6.61 Å². The van der Waals surface area contributed by atoms with Crippen LogP contribution in [0.15, 0.2) is 0 Å². The molecule has 2 nitrogen and oxygen atoms in total. The van der Waals surface area contributed by atoms with Gasteiger partial charge in [-0.05, 0) is 31.6 Å². The summed E-state index contributed by atoms with van der Waals surface area (Å²) < 4.78 is 10.7. The van der Waals surface area contributed by atoms with Gasteiger partial charge in [0.2, 0.25) is 0 Å². The Morgan fingerprint density at radius 2 is 1.92 bits per heavy atom. The normalized spacial score (nSPS) is 32.5. The van der Waals surface area contributed by atoms with E-state index in [-0.39, 0.29) is 12.2 Å². The minimum absolute atomic E-state index is 0.157. The number of ether oxygens (including phenoxy) is 1. The van der Waals surface area contributed by atoms with Crippen molar-refractivity contribution < 1.29 is 9.39 Å². The van der Waals surface area contributed by atoms with Crippen molar-refractivity contribution >= 4 is 8.05 Å². The summed E-state index contributed by atoms with van der Waals surface area (Å²) >= 11 is 0. The predicted octanol–water partition coefficient (Wildman–Crippen LogP) is 1.82. The zero-order valence-electron chi connectivity index (χ0n) is 8.08. The second kappa shape index (κ2) is 4.47. The van der Waals surface area contributed by atoms with E-state index in [2.05, 4.69) is 0 Å². The third-order valence-corrected chi connectivity index (χ3v) is 3.35. The maximum Gasteiger partial charge on any atom is 0.283 e. The lowest BCUT2D eigenvalue weighted by Gasteiger charge is -2.27. The Hall–Kier alpha value is -0.0151. The Morgan fingerprint density at radius 1 is 1.15 bits per heavy atom. The van der Waals surface area contributed by atoms with Crippen LogP contribution in [0.2, 0.25) is 0 Å². The molecule has 2 rings (SSSR count). The van der Waals surface area contributed by atoms with Crippen molar-refractivity contribution in [2.24, 2.45) is 5.92 Å². The zero-order chi connectivity index (χ0) is 9.10. The Balaban J connectivity index is 1.90. The molecular weight excluding hydrogens is 163 g/mol. The van der Waals surface area contributed by atoms with Crippen molar-refractivity contribution in [2.45, 2.75) is 50.7 Å². The van der Waals surface area contributed by atoms with E-state index in [1.54, 1.807) is 0 Å². The first kappa shape index (κ1) is 9.54. The Morgan fingerprint density at radius 3 is 2.46 bits per heavy atom. The van der Waals surface area contributed by atoms with Gasteiger partial charge in [-0.15, -0.1) is 0 Å². The fourth-order valence-corrected chi connectivity index (χ4v) is 2.65. The van der Waals surface area contributed by atoms with Crippen LogP contribution in [0.3, 0.4) is 0 Å². The molecule has 1 saturated heterocycles. The molecule has 1 heterocycles. The Labute approximate surface area is 81.4 Å². The molecule has 0 aromatic heterocycles. The summed E-state index contributed by atoms with van der Waals surface area (Å²) in [6, 6.07) is 0. The van der Waals surface area contributed by atoms with Crippen LogP contribution in [0.4, 0.5) is 0 Å².